The second-order valence-electron chi connectivity index (χ2n) is 4.69. The topological polar surface area (TPSA) is 82.6 Å². The molecule has 2 heterocycles. The van der Waals surface area contributed by atoms with Crippen molar-refractivity contribution >= 4 is 32.6 Å². The standard InChI is InChI=1S/C12H20N4O3S2/c1-3-15(4-2)21(18,19)16-8-5-6-10(16)11(17)14-12-13-7-9-20-12/h7,9-10H,3-6,8H2,1-2H3,(H,13,14,17). The number of anilines is 1. The van der Waals surface area contributed by atoms with Crippen molar-refractivity contribution in [1.82, 2.24) is 13.6 Å². The fourth-order valence-electron chi connectivity index (χ4n) is 2.45. The molecule has 0 aromatic carbocycles. The zero-order chi connectivity index (χ0) is 15.5. The number of nitrogens with zero attached hydrogens (tertiary/aromatic N) is 3. The van der Waals surface area contributed by atoms with E-state index in [1.54, 1.807) is 25.4 Å². The highest BCUT2D eigenvalue weighted by atomic mass is 32.2. The molecule has 1 saturated heterocycles. The summed E-state index contributed by atoms with van der Waals surface area (Å²) in [6.45, 7) is 4.77. The van der Waals surface area contributed by atoms with Gasteiger partial charge in [0, 0.05) is 31.2 Å². The molecule has 21 heavy (non-hydrogen) atoms. The van der Waals surface area contributed by atoms with E-state index in [2.05, 4.69) is 10.3 Å². The van der Waals surface area contributed by atoms with Gasteiger partial charge in [-0.1, -0.05) is 13.8 Å². The average Bonchev–Trinajstić information content (AvgIpc) is 3.10. The van der Waals surface area contributed by atoms with E-state index in [1.807, 2.05) is 0 Å². The predicted molar refractivity (Wildman–Crippen MR) is 82.3 cm³/mol. The van der Waals surface area contributed by atoms with Crippen LogP contribution in [-0.2, 0) is 15.0 Å². The summed E-state index contributed by atoms with van der Waals surface area (Å²) in [6, 6.07) is -0.653. The second-order valence-corrected chi connectivity index (χ2v) is 7.46. The minimum absolute atomic E-state index is 0.307. The summed E-state index contributed by atoms with van der Waals surface area (Å²) in [7, 11) is -3.59. The first-order chi connectivity index (χ1) is 10.0. The molecule has 1 N–H and O–H groups in total. The lowest BCUT2D eigenvalue weighted by molar-refractivity contribution is -0.119. The number of hydrogen-bond acceptors (Lipinski definition) is 5. The lowest BCUT2D eigenvalue weighted by Crippen LogP contribution is -2.49. The van der Waals surface area contributed by atoms with E-state index in [-0.39, 0.29) is 5.91 Å². The maximum atomic E-state index is 12.6. The Morgan fingerprint density at radius 1 is 1.52 bits per heavy atom. The summed E-state index contributed by atoms with van der Waals surface area (Å²) in [5.74, 6) is -0.307. The van der Waals surface area contributed by atoms with Gasteiger partial charge in [0.2, 0.25) is 5.91 Å². The number of carbonyl (C=O) groups is 1. The van der Waals surface area contributed by atoms with Crippen LogP contribution in [-0.4, -0.2) is 53.6 Å². The maximum Gasteiger partial charge on any atom is 0.282 e. The van der Waals surface area contributed by atoms with Crippen LogP contribution < -0.4 is 5.32 Å². The Bertz CT molecular complexity index is 569. The fourth-order valence-corrected chi connectivity index (χ4v) is 4.81. The van der Waals surface area contributed by atoms with Gasteiger partial charge in [-0.15, -0.1) is 11.3 Å². The van der Waals surface area contributed by atoms with Crippen LogP contribution in [0.15, 0.2) is 11.6 Å². The van der Waals surface area contributed by atoms with Crippen molar-refractivity contribution in [2.45, 2.75) is 32.7 Å². The van der Waals surface area contributed by atoms with Crippen molar-refractivity contribution in [2.24, 2.45) is 0 Å². The van der Waals surface area contributed by atoms with Crippen molar-refractivity contribution < 1.29 is 13.2 Å². The maximum absolute atomic E-state index is 12.6. The monoisotopic (exact) mass is 332 g/mol. The third kappa shape index (κ3) is 3.42. The minimum Gasteiger partial charge on any atom is -0.301 e. The molecule has 1 fully saturated rings. The highest BCUT2D eigenvalue weighted by Gasteiger charge is 2.40. The molecule has 1 aromatic heterocycles. The van der Waals surface area contributed by atoms with Gasteiger partial charge in [-0.2, -0.15) is 17.0 Å². The van der Waals surface area contributed by atoms with E-state index < -0.39 is 16.3 Å². The summed E-state index contributed by atoms with van der Waals surface area (Å²) in [5, 5.41) is 4.94. The fraction of sp³-hybridized carbons (Fsp3) is 0.667. The Hall–Kier alpha value is -1.03. The minimum atomic E-state index is -3.59. The van der Waals surface area contributed by atoms with Crippen molar-refractivity contribution in [2.75, 3.05) is 25.0 Å². The van der Waals surface area contributed by atoms with Gasteiger partial charge in [0.05, 0.1) is 0 Å². The normalized spacial score (nSPS) is 20.0. The SMILES string of the molecule is CCN(CC)S(=O)(=O)N1CCCC1C(=O)Nc1nccs1. The van der Waals surface area contributed by atoms with Crippen molar-refractivity contribution in [3.05, 3.63) is 11.6 Å². The molecular weight excluding hydrogens is 312 g/mol. The molecule has 118 valence electrons. The zero-order valence-corrected chi connectivity index (χ0v) is 13.8. The van der Waals surface area contributed by atoms with Crippen LogP contribution in [0.1, 0.15) is 26.7 Å². The highest BCUT2D eigenvalue weighted by Crippen LogP contribution is 2.24. The smallest absolute Gasteiger partial charge is 0.282 e. The molecule has 0 aliphatic carbocycles. The molecule has 1 aromatic rings. The van der Waals surface area contributed by atoms with Gasteiger partial charge in [0.25, 0.3) is 10.2 Å². The molecule has 7 nitrogen and oxygen atoms in total. The van der Waals surface area contributed by atoms with Gasteiger partial charge < -0.3 is 5.32 Å². The van der Waals surface area contributed by atoms with E-state index in [9.17, 15) is 13.2 Å². The summed E-state index contributed by atoms with van der Waals surface area (Å²) >= 11 is 1.31. The summed E-state index contributed by atoms with van der Waals surface area (Å²) < 4.78 is 27.8. The molecule has 2 rings (SSSR count). The Kier molecular flexibility index (Phi) is 5.31. The summed E-state index contributed by atoms with van der Waals surface area (Å²) in [4.78, 5) is 16.3. The molecular formula is C12H20N4O3S2. The largest absolute Gasteiger partial charge is 0.301 e. The number of aromatic nitrogens is 1. The van der Waals surface area contributed by atoms with E-state index in [0.29, 0.717) is 37.6 Å². The Labute approximate surface area is 129 Å². The molecule has 1 atom stereocenters. The third-order valence-corrected chi connectivity index (χ3v) is 6.38. The van der Waals surface area contributed by atoms with Crippen LogP contribution in [0.2, 0.25) is 0 Å². The lowest BCUT2D eigenvalue weighted by Gasteiger charge is -2.28. The van der Waals surface area contributed by atoms with Gasteiger partial charge in [-0.3, -0.25) is 4.79 Å². The highest BCUT2D eigenvalue weighted by molar-refractivity contribution is 7.86. The first kappa shape index (κ1) is 16.3. The molecule has 1 aliphatic rings. The van der Waals surface area contributed by atoms with Gasteiger partial charge in [0.15, 0.2) is 5.13 Å². The van der Waals surface area contributed by atoms with Crippen LogP contribution >= 0.6 is 11.3 Å². The van der Waals surface area contributed by atoms with Crippen LogP contribution in [0.5, 0.6) is 0 Å². The Morgan fingerprint density at radius 3 is 2.81 bits per heavy atom. The number of carbonyl (C=O) groups excluding carboxylic acids is 1. The number of nitrogens with one attached hydrogen (secondary N) is 1. The average molecular weight is 332 g/mol. The van der Waals surface area contributed by atoms with Crippen molar-refractivity contribution in [1.29, 1.82) is 0 Å². The molecule has 0 bridgehead atoms. The third-order valence-electron chi connectivity index (χ3n) is 3.50. The van der Waals surface area contributed by atoms with Gasteiger partial charge >= 0.3 is 0 Å². The van der Waals surface area contributed by atoms with E-state index in [0.717, 1.165) is 0 Å². The molecule has 0 spiro atoms. The molecule has 1 amide bonds. The number of hydrogen-bond donors (Lipinski definition) is 1. The van der Waals surface area contributed by atoms with E-state index in [4.69, 9.17) is 0 Å². The molecule has 0 saturated carbocycles. The van der Waals surface area contributed by atoms with Gasteiger partial charge in [-0.25, -0.2) is 4.98 Å². The van der Waals surface area contributed by atoms with Crippen molar-refractivity contribution in [3.8, 4) is 0 Å². The van der Waals surface area contributed by atoms with Crippen molar-refractivity contribution in [3.63, 3.8) is 0 Å². The molecule has 1 unspecified atom stereocenters. The van der Waals surface area contributed by atoms with E-state index in [1.165, 1.54) is 19.9 Å². The molecule has 0 radical (unpaired) electrons. The predicted octanol–water partition coefficient (Wildman–Crippen LogP) is 1.13. The number of rotatable bonds is 6. The van der Waals surface area contributed by atoms with E-state index >= 15 is 0 Å². The van der Waals surface area contributed by atoms with Crippen LogP contribution in [0.25, 0.3) is 0 Å². The first-order valence-corrected chi connectivity index (χ1v) is 9.25. The number of thiazole rings is 1. The summed E-state index contributed by atoms with van der Waals surface area (Å²) in [6.07, 6.45) is 2.83. The number of amides is 1. The zero-order valence-electron chi connectivity index (χ0n) is 12.2. The Morgan fingerprint density at radius 2 is 2.24 bits per heavy atom. The Balaban J connectivity index is 2.14. The van der Waals surface area contributed by atoms with Crippen LogP contribution in [0.3, 0.4) is 0 Å². The van der Waals surface area contributed by atoms with Crippen LogP contribution in [0.4, 0.5) is 5.13 Å². The first-order valence-electron chi connectivity index (χ1n) is 6.98. The van der Waals surface area contributed by atoms with Gasteiger partial charge in [-0.05, 0) is 12.8 Å². The molecule has 9 heteroatoms. The quantitative estimate of drug-likeness (QED) is 0.846. The van der Waals surface area contributed by atoms with Gasteiger partial charge in [0.1, 0.15) is 6.04 Å². The molecule has 1 aliphatic heterocycles. The summed E-state index contributed by atoms with van der Waals surface area (Å²) in [5.41, 5.74) is 0. The van der Waals surface area contributed by atoms with Crippen LogP contribution in [0, 0.1) is 0 Å². The second kappa shape index (κ2) is 6.82. The lowest BCUT2D eigenvalue weighted by atomic mass is 10.2.